The first-order valence-corrected chi connectivity index (χ1v) is 5.95. The van der Waals surface area contributed by atoms with E-state index in [9.17, 15) is 17.6 Å². The number of aromatic nitrogens is 1. The molecular weight excluding hydrogens is 288 g/mol. The summed E-state index contributed by atoms with van der Waals surface area (Å²) < 4.78 is 57.3. The number of benzene rings is 1. The number of nitrogens with one attached hydrogen (secondary N) is 1. The standard InChI is InChI=1S/C14H12F4N2O/c1-8-12(15)5-9(7-19-8)20-13-4-3-10(21-2)6-11(13)14(16,17)18/h3-7,20H,1-2H3. The van der Waals surface area contributed by atoms with Gasteiger partial charge in [0.15, 0.2) is 0 Å². The molecule has 0 fully saturated rings. The molecule has 0 saturated heterocycles. The maximum atomic E-state index is 13.4. The van der Waals surface area contributed by atoms with Crippen LogP contribution in [-0.4, -0.2) is 12.1 Å². The normalized spacial score (nSPS) is 11.3. The van der Waals surface area contributed by atoms with Crippen molar-refractivity contribution >= 4 is 11.4 Å². The number of pyridine rings is 1. The number of nitrogens with zero attached hydrogens (tertiary/aromatic N) is 1. The number of aryl methyl sites for hydroxylation is 1. The van der Waals surface area contributed by atoms with E-state index in [1.807, 2.05) is 0 Å². The minimum absolute atomic E-state index is 0.0843. The zero-order chi connectivity index (χ0) is 15.6. The van der Waals surface area contributed by atoms with Gasteiger partial charge in [0.1, 0.15) is 11.6 Å². The summed E-state index contributed by atoms with van der Waals surface area (Å²) in [6.07, 6.45) is -3.30. The summed E-state index contributed by atoms with van der Waals surface area (Å²) in [5, 5.41) is 2.52. The minimum atomic E-state index is -4.56. The van der Waals surface area contributed by atoms with Crippen LogP contribution in [0.2, 0.25) is 0 Å². The van der Waals surface area contributed by atoms with E-state index >= 15 is 0 Å². The van der Waals surface area contributed by atoms with Gasteiger partial charge in [-0.3, -0.25) is 4.98 Å². The molecule has 112 valence electrons. The van der Waals surface area contributed by atoms with Crippen LogP contribution in [0.4, 0.5) is 28.9 Å². The molecule has 21 heavy (non-hydrogen) atoms. The summed E-state index contributed by atoms with van der Waals surface area (Å²) in [4.78, 5) is 3.76. The molecular formula is C14H12F4N2O. The van der Waals surface area contributed by atoms with E-state index < -0.39 is 17.6 Å². The van der Waals surface area contributed by atoms with E-state index in [1.54, 1.807) is 0 Å². The number of anilines is 2. The summed E-state index contributed by atoms with van der Waals surface area (Å²) in [6, 6.07) is 4.57. The zero-order valence-electron chi connectivity index (χ0n) is 11.3. The highest BCUT2D eigenvalue weighted by Gasteiger charge is 2.34. The van der Waals surface area contributed by atoms with E-state index in [4.69, 9.17) is 4.74 Å². The second-order valence-electron chi connectivity index (χ2n) is 4.33. The van der Waals surface area contributed by atoms with E-state index in [-0.39, 0.29) is 22.8 Å². The van der Waals surface area contributed by atoms with Gasteiger partial charge in [0.2, 0.25) is 0 Å². The van der Waals surface area contributed by atoms with Gasteiger partial charge in [-0.25, -0.2) is 4.39 Å². The minimum Gasteiger partial charge on any atom is -0.497 e. The van der Waals surface area contributed by atoms with Crippen LogP contribution >= 0.6 is 0 Å². The predicted octanol–water partition coefficient (Wildman–Crippen LogP) is 4.30. The van der Waals surface area contributed by atoms with Crippen molar-refractivity contribution in [3.63, 3.8) is 0 Å². The van der Waals surface area contributed by atoms with E-state index in [0.29, 0.717) is 0 Å². The van der Waals surface area contributed by atoms with Gasteiger partial charge in [-0.05, 0) is 25.1 Å². The Morgan fingerprint density at radius 3 is 2.48 bits per heavy atom. The van der Waals surface area contributed by atoms with Crippen LogP contribution in [0.5, 0.6) is 5.75 Å². The summed E-state index contributed by atoms with van der Waals surface area (Å²) in [5.74, 6) is -0.511. The van der Waals surface area contributed by atoms with Crippen molar-refractivity contribution in [2.24, 2.45) is 0 Å². The number of halogens is 4. The van der Waals surface area contributed by atoms with Crippen LogP contribution < -0.4 is 10.1 Å². The molecule has 2 aromatic rings. The Balaban J connectivity index is 2.41. The van der Waals surface area contributed by atoms with Crippen LogP contribution in [0.15, 0.2) is 30.5 Å². The molecule has 1 aromatic heterocycles. The van der Waals surface area contributed by atoms with Crippen molar-refractivity contribution in [1.29, 1.82) is 0 Å². The van der Waals surface area contributed by atoms with Crippen LogP contribution in [0.1, 0.15) is 11.3 Å². The number of alkyl halides is 3. The lowest BCUT2D eigenvalue weighted by Crippen LogP contribution is -2.09. The van der Waals surface area contributed by atoms with Gasteiger partial charge in [0.05, 0.1) is 35.9 Å². The van der Waals surface area contributed by atoms with Crippen molar-refractivity contribution in [1.82, 2.24) is 4.98 Å². The largest absolute Gasteiger partial charge is 0.497 e. The second kappa shape index (κ2) is 5.59. The lowest BCUT2D eigenvalue weighted by molar-refractivity contribution is -0.137. The van der Waals surface area contributed by atoms with E-state index in [1.165, 1.54) is 32.4 Å². The Kier molecular flexibility index (Phi) is 4.02. The van der Waals surface area contributed by atoms with Gasteiger partial charge in [0, 0.05) is 6.07 Å². The summed E-state index contributed by atoms with van der Waals surface area (Å²) in [6.45, 7) is 1.47. The SMILES string of the molecule is COc1ccc(Nc2cnc(C)c(F)c2)c(C(F)(F)F)c1. The molecule has 3 nitrogen and oxygen atoms in total. The van der Waals surface area contributed by atoms with Gasteiger partial charge in [0.25, 0.3) is 0 Å². The third-order valence-electron chi connectivity index (χ3n) is 2.84. The maximum absolute atomic E-state index is 13.4. The topological polar surface area (TPSA) is 34.1 Å². The Bertz CT molecular complexity index is 656. The van der Waals surface area contributed by atoms with Crippen LogP contribution in [0.3, 0.4) is 0 Å². The maximum Gasteiger partial charge on any atom is 0.418 e. The predicted molar refractivity (Wildman–Crippen MR) is 70.2 cm³/mol. The Labute approximate surface area is 118 Å². The first kappa shape index (κ1) is 15.1. The Hall–Kier alpha value is -2.31. The highest BCUT2D eigenvalue weighted by Crippen LogP contribution is 2.38. The molecule has 1 aromatic carbocycles. The first-order valence-electron chi connectivity index (χ1n) is 5.95. The van der Waals surface area contributed by atoms with E-state index in [2.05, 4.69) is 10.3 Å². The van der Waals surface area contributed by atoms with Gasteiger partial charge in [-0.2, -0.15) is 13.2 Å². The lowest BCUT2D eigenvalue weighted by atomic mass is 10.1. The quantitative estimate of drug-likeness (QED) is 0.858. The fourth-order valence-corrected chi connectivity index (χ4v) is 1.72. The Morgan fingerprint density at radius 2 is 1.90 bits per heavy atom. The fraction of sp³-hybridized carbons (Fsp3) is 0.214. The first-order chi connectivity index (χ1) is 9.81. The summed E-state index contributed by atoms with van der Waals surface area (Å²) >= 11 is 0. The molecule has 0 aliphatic carbocycles. The lowest BCUT2D eigenvalue weighted by Gasteiger charge is -2.15. The third-order valence-corrected chi connectivity index (χ3v) is 2.84. The van der Waals surface area contributed by atoms with Gasteiger partial charge >= 0.3 is 6.18 Å². The highest BCUT2D eigenvalue weighted by atomic mass is 19.4. The smallest absolute Gasteiger partial charge is 0.418 e. The second-order valence-corrected chi connectivity index (χ2v) is 4.33. The average Bonchev–Trinajstić information content (AvgIpc) is 2.42. The highest BCUT2D eigenvalue weighted by molar-refractivity contribution is 5.64. The van der Waals surface area contributed by atoms with Crippen LogP contribution in [0, 0.1) is 12.7 Å². The number of rotatable bonds is 3. The third kappa shape index (κ3) is 3.42. The molecule has 0 radical (unpaired) electrons. The number of methoxy groups -OCH3 is 1. The molecule has 0 atom stereocenters. The molecule has 0 aliphatic heterocycles. The monoisotopic (exact) mass is 300 g/mol. The van der Waals surface area contributed by atoms with Gasteiger partial charge in [-0.1, -0.05) is 0 Å². The summed E-state index contributed by atoms with van der Waals surface area (Å²) in [5.41, 5.74) is -0.795. The fourth-order valence-electron chi connectivity index (χ4n) is 1.72. The number of ether oxygens (including phenoxy) is 1. The molecule has 0 amide bonds. The van der Waals surface area contributed by atoms with Crippen molar-refractivity contribution in [2.45, 2.75) is 13.1 Å². The van der Waals surface area contributed by atoms with Crippen LogP contribution in [0.25, 0.3) is 0 Å². The van der Waals surface area contributed by atoms with Crippen LogP contribution in [-0.2, 0) is 6.18 Å². The molecule has 1 N–H and O–H groups in total. The summed E-state index contributed by atoms with van der Waals surface area (Å²) in [7, 11) is 1.28. The van der Waals surface area contributed by atoms with Gasteiger partial charge in [-0.15, -0.1) is 0 Å². The number of hydrogen-bond acceptors (Lipinski definition) is 3. The van der Waals surface area contributed by atoms with E-state index in [0.717, 1.165) is 12.1 Å². The zero-order valence-corrected chi connectivity index (χ0v) is 11.3. The van der Waals surface area contributed by atoms with Crippen molar-refractivity contribution in [3.8, 4) is 5.75 Å². The van der Waals surface area contributed by atoms with Crippen molar-refractivity contribution < 1.29 is 22.3 Å². The van der Waals surface area contributed by atoms with Gasteiger partial charge < -0.3 is 10.1 Å². The average molecular weight is 300 g/mol. The molecule has 0 bridgehead atoms. The van der Waals surface area contributed by atoms with Crippen molar-refractivity contribution in [3.05, 3.63) is 47.5 Å². The Morgan fingerprint density at radius 1 is 1.19 bits per heavy atom. The number of hydrogen-bond donors (Lipinski definition) is 1. The molecule has 7 heteroatoms. The molecule has 2 rings (SSSR count). The molecule has 0 spiro atoms. The molecule has 0 unspecified atom stereocenters. The molecule has 0 saturated carbocycles. The molecule has 0 aliphatic rings. The molecule has 1 heterocycles. The van der Waals surface area contributed by atoms with Crippen molar-refractivity contribution in [2.75, 3.05) is 12.4 Å².